The van der Waals surface area contributed by atoms with E-state index in [0.29, 0.717) is 22.6 Å². The van der Waals surface area contributed by atoms with Gasteiger partial charge < -0.3 is 10.1 Å². The van der Waals surface area contributed by atoms with E-state index in [4.69, 9.17) is 4.74 Å². The Morgan fingerprint density at radius 1 is 0.971 bits per heavy atom. The molecule has 3 amide bonds. The molecule has 5 rings (SSSR count). The highest BCUT2D eigenvalue weighted by atomic mass is 32.1. The van der Waals surface area contributed by atoms with Crippen LogP contribution in [0.4, 0.5) is 5.69 Å². The number of carbonyl (C=O) groups is 3. The Morgan fingerprint density at radius 2 is 1.69 bits per heavy atom. The first-order valence-corrected chi connectivity index (χ1v) is 11.8. The van der Waals surface area contributed by atoms with E-state index in [-0.39, 0.29) is 23.9 Å². The second-order valence-electron chi connectivity index (χ2n) is 8.09. The number of aromatic nitrogens is 1. The monoisotopic (exact) mass is 483 g/mol. The number of fused-ring (bicyclic) bond motifs is 1. The van der Waals surface area contributed by atoms with Crippen LogP contribution in [0.2, 0.25) is 0 Å². The summed E-state index contributed by atoms with van der Waals surface area (Å²) in [6, 6.07) is 19.1. The van der Waals surface area contributed by atoms with Crippen LogP contribution < -0.4 is 10.1 Å². The third-order valence-corrected chi connectivity index (χ3v) is 6.56. The number of benzene rings is 3. The maximum atomic E-state index is 13.0. The Hall–Kier alpha value is -4.30. The highest BCUT2D eigenvalue weighted by Gasteiger charge is 2.36. The second kappa shape index (κ2) is 9.15. The molecule has 1 aliphatic heterocycles. The van der Waals surface area contributed by atoms with E-state index in [0.717, 1.165) is 21.8 Å². The highest BCUT2D eigenvalue weighted by molar-refractivity contribution is 7.09. The summed E-state index contributed by atoms with van der Waals surface area (Å²) in [6.07, 6.45) is 0. The molecule has 0 saturated carbocycles. The number of nitrogens with zero attached hydrogens (tertiary/aromatic N) is 2. The summed E-state index contributed by atoms with van der Waals surface area (Å²) in [7, 11) is 1.57. The van der Waals surface area contributed by atoms with Gasteiger partial charge in [-0.1, -0.05) is 24.3 Å². The number of hydrogen-bond donors (Lipinski definition) is 1. The van der Waals surface area contributed by atoms with Gasteiger partial charge in [0.05, 0.1) is 35.5 Å². The van der Waals surface area contributed by atoms with Crippen LogP contribution in [0, 0.1) is 6.92 Å². The van der Waals surface area contributed by atoms with Crippen LogP contribution in [0.25, 0.3) is 11.3 Å². The van der Waals surface area contributed by atoms with Crippen molar-refractivity contribution in [1.29, 1.82) is 0 Å². The molecule has 0 unspecified atom stereocenters. The van der Waals surface area contributed by atoms with Gasteiger partial charge in [0.1, 0.15) is 5.75 Å². The lowest BCUT2D eigenvalue weighted by Gasteiger charge is -2.14. The average molecular weight is 484 g/mol. The Balaban J connectivity index is 1.30. The summed E-state index contributed by atoms with van der Waals surface area (Å²) in [5.41, 5.74) is 4.10. The van der Waals surface area contributed by atoms with Crippen molar-refractivity contribution in [3.63, 3.8) is 0 Å². The molecule has 0 saturated heterocycles. The molecule has 0 bridgehead atoms. The van der Waals surface area contributed by atoms with Gasteiger partial charge in [-0.15, -0.1) is 11.3 Å². The van der Waals surface area contributed by atoms with Crippen molar-refractivity contribution in [3.05, 3.63) is 99.4 Å². The van der Waals surface area contributed by atoms with E-state index in [1.54, 1.807) is 48.8 Å². The number of carbonyl (C=O) groups excluding carboxylic acids is 3. The quantitative estimate of drug-likeness (QED) is 0.382. The van der Waals surface area contributed by atoms with Gasteiger partial charge in [-0.25, -0.2) is 4.98 Å². The first-order chi connectivity index (χ1) is 16.9. The topological polar surface area (TPSA) is 88.6 Å². The number of thiazole rings is 1. The van der Waals surface area contributed by atoms with E-state index in [9.17, 15) is 14.4 Å². The Morgan fingerprint density at radius 3 is 2.34 bits per heavy atom. The van der Waals surface area contributed by atoms with Gasteiger partial charge in [0.15, 0.2) is 0 Å². The standard InChI is InChI=1S/C27H21N3O4S/c1-16-28-24(15-35-16)18-5-8-20(9-6-18)29-25(31)19-7-12-22-23(13-19)27(33)30(26(22)32)14-17-3-10-21(34-2)11-4-17/h3-13,15H,14H2,1-2H3,(H,29,31). The van der Waals surface area contributed by atoms with Crippen LogP contribution >= 0.6 is 11.3 Å². The fourth-order valence-corrected chi connectivity index (χ4v) is 4.53. The van der Waals surface area contributed by atoms with E-state index < -0.39 is 5.91 Å². The molecule has 3 aromatic carbocycles. The minimum absolute atomic E-state index is 0.142. The van der Waals surface area contributed by atoms with E-state index >= 15 is 0 Å². The first kappa shape index (κ1) is 22.5. The van der Waals surface area contributed by atoms with Crippen LogP contribution in [0.3, 0.4) is 0 Å². The smallest absolute Gasteiger partial charge is 0.261 e. The number of ether oxygens (including phenoxy) is 1. The van der Waals surface area contributed by atoms with Crippen LogP contribution in [-0.2, 0) is 6.54 Å². The minimum Gasteiger partial charge on any atom is -0.497 e. The fourth-order valence-electron chi connectivity index (χ4n) is 3.91. The summed E-state index contributed by atoms with van der Waals surface area (Å²) in [4.78, 5) is 44.3. The van der Waals surface area contributed by atoms with Crippen LogP contribution in [0.15, 0.2) is 72.1 Å². The number of nitrogens with one attached hydrogen (secondary N) is 1. The predicted molar refractivity (Wildman–Crippen MR) is 134 cm³/mol. The third kappa shape index (κ3) is 4.43. The van der Waals surface area contributed by atoms with Gasteiger partial charge in [0, 0.05) is 22.2 Å². The minimum atomic E-state index is -0.418. The SMILES string of the molecule is COc1ccc(CN2C(=O)c3ccc(C(=O)Nc4ccc(-c5csc(C)n5)cc4)cc3C2=O)cc1. The van der Waals surface area contributed by atoms with Gasteiger partial charge in [0.25, 0.3) is 17.7 Å². The van der Waals surface area contributed by atoms with Crippen molar-refractivity contribution >= 4 is 34.7 Å². The summed E-state index contributed by atoms with van der Waals surface area (Å²) >= 11 is 1.58. The van der Waals surface area contributed by atoms with Crippen LogP contribution in [-0.4, -0.2) is 34.7 Å². The lowest BCUT2D eigenvalue weighted by Crippen LogP contribution is -2.29. The lowest BCUT2D eigenvalue weighted by molar-refractivity contribution is 0.0642. The molecule has 174 valence electrons. The zero-order valence-electron chi connectivity index (χ0n) is 19.1. The molecule has 0 fully saturated rings. The number of methoxy groups -OCH3 is 1. The predicted octanol–water partition coefficient (Wildman–Crippen LogP) is 5.18. The molecule has 4 aromatic rings. The Labute approximate surface area is 206 Å². The third-order valence-electron chi connectivity index (χ3n) is 5.79. The molecule has 1 aliphatic rings. The van der Waals surface area contributed by atoms with Crippen molar-refractivity contribution in [1.82, 2.24) is 9.88 Å². The normalized spacial score (nSPS) is 12.6. The van der Waals surface area contributed by atoms with Crippen molar-refractivity contribution in [3.8, 4) is 17.0 Å². The van der Waals surface area contributed by atoms with E-state index in [1.165, 1.54) is 17.0 Å². The molecule has 2 heterocycles. The molecule has 0 spiro atoms. The fraction of sp³-hybridized carbons (Fsp3) is 0.111. The molecule has 0 atom stereocenters. The number of anilines is 1. The largest absolute Gasteiger partial charge is 0.497 e. The van der Waals surface area contributed by atoms with E-state index in [1.807, 2.05) is 36.6 Å². The van der Waals surface area contributed by atoms with Crippen molar-refractivity contribution in [2.75, 3.05) is 12.4 Å². The molecule has 8 heteroatoms. The van der Waals surface area contributed by atoms with Gasteiger partial charge in [-0.2, -0.15) is 0 Å². The van der Waals surface area contributed by atoms with Crippen molar-refractivity contribution in [2.24, 2.45) is 0 Å². The van der Waals surface area contributed by atoms with Gasteiger partial charge >= 0.3 is 0 Å². The van der Waals surface area contributed by atoms with Gasteiger partial charge in [-0.05, 0) is 55.0 Å². The van der Waals surface area contributed by atoms with Crippen molar-refractivity contribution in [2.45, 2.75) is 13.5 Å². The Bertz CT molecular complexity index is 1440. The maximum Gasteiger partial charge on any atom is 0.261 e. The number of rotatable bonds is 6. The molecule has 0 radical (unpaired) electrons. The molecule has 35 heavy (non-hydrogen) atoms. The summed E-state index contributed by atoms with van der Waals surface area (Å²) in [5.74, 6) is -0.461. The molecular weight excluding hydrogens is 462 g/mol. The number of imide groups is 1. The zero-order chi connectivity index (χ0) is 24.5. The first-order valence-electron chi connectivity index (χ1n) is 10.9. The summed E-state index contributed by atoms with van der Waals surface area (Å²) in [5, 5.41) is 5.82. The number of aryl methyl sites for hydroxylation is 1. The zero-order valence-corrected chi connectivity index (χ0v) is 19.9. The van der Waals surface area contributed by atoms with Gasteiger partial charge in [-0.3, -0.25) is 19.3 Å². The highest BCUT2D eigenvalue weighted by Crippen LogP contribution is 2.27. The molecule has 7 nitrogen and oxygen atoms in total. The van der Waals surface area contributed by atoms with Crippen molar-refractivity contribution < 1.29 is 19.1 Å². The van der Waals surface area contributed by atoms with Crippen LogP contribution in [0.1, 0.15) is 41.6 Å². The van der Waals surface area contributed by atoms with Crippen LogP contribution in [0.5, 0.6) is 5.75 Å². The molecule has 1 N–H and O–H groups in total. The lowest BCUT2D eigenvalue weighted by atomic mass is 10.1. The second-order valence-corrected chi connectivity index (χ2v) is 9.15. The average Bonchev–Trinajstić information content (AvgIpc) is 3.41. The van der Waals surface area contributed by atoms with Gasteiger partial charge in [0.2, 0.25) is 0 Å². The number of hydrogen-bond acceptors (Lipinski definition) is 6. The number of amides is 3. The maximum absolute atomic E-state index is 13.0. The van der Waals surface area contributed by atoms with E-state index in [2.05, 4.69) is 10.3 Å². The molecule has 1 aromatic heterocycles. The Kier molecular flexibility index (Phi) is 5.88. The molecular formula is C27H21N3O4S. The summed E-state index contributed by atoms with van der Waals surface area (Å²) in [6.45, 7) is 2.10. The summed E-state index contributed by atoms with van der Waals surface area (Å²) < 4.78 is 5.15. The molecule has 0 aliphatic carbocycles.